The Morgan fingerprint density at radius 3 is 2.92 bits per heavy atom. The van der Waals surface area contributed by atoms with Crippen LogP contribution in [0.5, 0.6) is 0 Å². The van der Waals surface area contributed by atoms with E-state index in [1.54, 1.807) is 17.0 Å². The van der Waals surface area contributed by atoms with Gasteiger partial charge in [-0.05, 0) is 36.6 Å². The van der Waals surface area contributed by atoms with Gasteiger partial charge in [0.25, 0.3) is 5.91 Å². The summed E-state index contributed by atoms with van der Waals surface area (Å²) < 4.78 is 27.6. The molecule has 1 atom stereocenters. The van der Waals surface area contributed by atoms with Gasteiger partial charge >= 0.3 is 0 Å². The van der Waals surface area contributed by atoms with E-state index < -0.39 is 10.0 Å². The highest BCUT2D eigenvalue weighted by molar-refractivity contribution is 7.89. The van der Waals surface area contributed by atoms with Crippen molar-refractivity contribution in [1.29, 1.82) is 0 Å². The van der Waals surface area contributed by atoms with E-state index in [0.29, 0.717) is 12.1 Å². The normalized spacial score (nSPS) is 18.3. The van der Waals surface area contributed by atoms with Crippen LogP contribution in [0.3, 0.4) is 0 Å². The van der Waals surface area contributed by atoms with Crippen LogP contribution < -0.4 is 10.0 Å². The van der Waals surface area contributed by atoms with E-state index in [9.17, 15) is 13.2 Å². The molecule has 2 N–H and O–H groups in total. The second-order valence-electron chi connectivity index (χ2n) is 5.98. The number of nitrogens with zero attached hydrogens (tertiary/aromatic N) is 1. The topological polar surface area (TPSA) is 78.5 Å². The second kappa shape index (κ2) is 7.65. The first-order valence-corrected chi connectivity index (χ1v) is 10.5. The number of piperazine rings is 1. The summed E-state index contributed by atoms with van der Waals surface area (Å²) in [6.07, 6.45) is 0. The third-order valence-electron chi connectivity index (χ3n) is 4.17. The van der Waals surface area contributed by atoms with Crippen molar-refractivity contribution in [2.45, 2.75) is 24.4 Å². The molecule has 2 heterocycles. The third kappa shape index (κ3) is 4.27. The van der Waals surface area contributed by atoms with Gasteiger partial charge in [0, 0.05) is 42.7 Å². The summed E-state index contributed by atoms with van der Waals surface area (Å²) >= 11 is 1.49. The average molecular weight is 380 g/mol. The molecule has 8 heteroatoms. The standard InChI is InChI=1S/C17H21N3O3S2/c1-13-11-18-7-8-20(13)17(21)14-4-2-6-16(10-14)25(22,23)19-12-15-5-3-9-24-15/h2-6,9-10,13,18-19H,7-8,11-12H2,1H3/t13-/m1/s1. The van der Waals surface area contributed by atoms with Crippen molar-refractivity contribution in [2.24, 2.45) is 0 Å². The Bertz CT molecular complexity index is 835. The monoisotopic (exact) mass is 379 g/mol. The maximum absolute atomic E-state index is 12.7. The molecule has 0 bridgehead atoms. The molecule has 1 aliphatic heterocycles. The number of benzene rings is 1. The molecule has 0 saturated carbocycles. The van der Waals surface area contributed by atoms with Crippen LogP contribution in [0.2, 0.25) is 0 Å². The molecule has 1 aromatic carbocycles. The van der Waals surface area contributed by atoms with Gasteiger partial charge in [-0.15, -0.1) is 11.3 Å². The van der Waals surface area contributed by atoms with Crippen LogP contribution in [0.15, 0.2) is 46.7 Å². The van der Waals surface area contributed by atoms with Gasteiger partial charge in [-0.25, -0.2) is 13.1 Å². The van der Waals surface area contributed by atoms with Gasteiger partial charge in [-0.2, -0.15) is 0 Å². The molecular formula is C17H21N3O3S2. The summed E-state index contributed by atoms with van der Waals surface area (Å²) in [5.74, 6) is -0.135. The molecule has 1 fully saturated rings. The minimum atomic E-state index is -3.66. The molecule has 134 valence electrons. The van der Waals surface area contributed by atoms with Gasteiger partial charge in [-0.3, -0.25) is 4.79 Å². The number of amides is 1. The molecule has 2 aromatic rings. The molecule has 25 heavy (non-hydrogen) atoms. The summed E-state index contributed by atoms with van der Waals surface area (Å²) in [7, 11) is -3.66. The molecule has 6 nitrogen and oxygen atoms in total. The molecule has 0 radical (unpaired) electrons. The summed E-state index contributed by atoms with van der Waals surface area (Å²) in [5.41, 5.74) is 0.396. The average Bonchev–Trinajstić information content (AvgIpc) is 3.14. The number of thiophene rings is 1. The second-order valence-corrected chi connectivity index (χ2v) is 8.78. The van der Waals surface area contributed by atoms with Gasteiger partial charge < -0.3 is 10.2 Å². The van der Waals surface area contributed by atoms with E-state index in [4.69, 9.17) is 0 Å². The zero-order valence-corrected chi connectivity index (χ0v) is 15.6. The predicted octanol–water partition coefficient (Wildman–Crippen LogP) is 1.66. The van der Waals surface area contributed by atoms with E-state index in [0.717, 1.165) is 18.0 Å². The number of nitrogens with one attached hydrogen (secondary N) is 2. The SMILES string of the molecule is C[C@@H]1CNCCN1C(=O)c1cccc(S(=O)(=O)NCc2cccs2)c1. The van der Waals surface area contributed by atoms with Gasteiger partial charge in [0.1, 0.15) is 0 Å². The molecule has 3 rings (SSSR count). The summed E-state index contributed by atoms with van der Waals surface area (Å²) in [4.78, 5) is 15.5. The van der Waals surface area contributed by atoms with Crippen molar-refractivity contribution in [3.8, 4) is 0 Å². The van der Waals surface area contributed by atoms with Crippen molar-refractivity contribution in [1.82, 2.24) is 14.9 Å². The molecule has 0 spiro atoms. The first-order chi connectivity index (χ1) is 12.0. The van der Waals surface area contributed by atoms with Crippen LogP contribution in [0.4, 0.5) is 0 Å². The van der Waals surface area contributed by atoms with E-state index in [1.807, 2.05) is 24.4 Å². The highest BCUT2D eigenvalue weighted by Crippen LogP contribution is 2.16. The lowest BCUT2D eigenvalue weighted by Crippen LogP contribution is -2.52. The van der Waals surface area contributed by atoms with Gasteiger partial charge in [0.15, 0.2) is 0 Å². The Morgan fingerprint density at radius 2 is 2.20 bits per heavy atom. The molecule has 1 aromatic heterocycles. The van der Waals surface area contributed by atoms with Gasteiger partial charge in [0.05, 0.1) is 4.90 Å². The zero-order valence-electron chi connectivity index (χ0n) is 13.9. The molecule has 0 aliphatic carbocycles. The Hall–Kier alpha value is -1.74. The minimum Gasteiger partial charge on any atom is -0.333 e. The lowest BCUT2D eigenvalue weighted by Gasteiger charge is -2.34. The van der Waals surface area contributed by atoms with Gasteiger partial charge in [-0.1, -0.05) is 12.1 Å². The molecule has 1 saturated heterocycles. The Kier molecular flexibility index (Phi) is 5.53. The first-order valence-electron chi connectivity index (χ1n) is 8.11. The van der Waals surface area contributed by atoms with Crippen LogP contribution >= 0.6 is 11.3 Å². The Balaban J connectivity index is 1.77. The Labute approximate surface area is 151 Å². The lowest BCUT2D eigenvalue weighted by molar-refractivity contribution is 0.0655. The van der Waals surface area contributed by atoms with Crippen molar-refractivity contribution in [3.63, 3.8) is 0 Å². The number of carbonyl (C=O) groups is 1. The fourth-order valence-corrected chi connectivity index (χ4v) is 4.56. The number of hydrogen-bond acceptors (Lipinski definition) is 5. The minimum absolute atomic E-state index is 0.0819. The Morgan fingerprint density at radius 1 is 1.36 bits per heavy atom. The number of sulfonamides is 1. The van der Waals surface area contributed by atoms with Crippen LogP contribution in [0.1, 0.15) is 22.2 Å². The molecule has 0 unspecified atom stereocenters. The van der Waals surface area contributed by atoms with Crippen LogP contribution in [0, 0.1) is 0 Å². The summed E-state index contributed by atoms with van der Waals surface area (Å²) in [5, 5.41) is 5.14. The van der Waals surface area contributed by atoms with Crippen LogP contribution in [0.25, 0.3) is 0 Å². The smallest absolute Gasteiger partial charge is 0.254 e. The maximum Gasteiger partial charge on any atom is 0.254 e. The first kappa shape index (κ1) is 18.1. The van der Waals surface area contributed by atoms with Crippen molar-refractivity contribution in [3.05, 3.63) is 52.2 Å². The van der Waals surface area contributed by atoms with E-state index in [1.165, 1.54) is 23.5 Å². The molecule has 1 amide bonds. The van der Waals surface area contributed by atoms with Crippen molar-refractivity contribution >= 4 is 27.3 Å². The lowest BCUT2D eigenvalue weighted by atomic mass is 10.1. The predicted molar refractivity (Wildman–Crippen MR) is 98.2 cm³/mol. The highest BCUT2D eigenvalue weighted by atomic mass is 32.2. The van der Waals surface area contributed by atoms with E-state index in [-0.39, 0.29) is 23.4 Å². The fraction of sp³-hybridized carbons (Fsp3) is 0.353. The number of rotatable bonds is 5. The largest absolute Gasteiger partial charge is 0.333 e. The third-order valence-corrected chi connectivity index (χ3v) is 6.45. The number of carbonyl (C=O) groups excluding carboxylic acids is 1. The number of hydrogen-bond donors (Lipinski definition) is 2. The van der Waals surface area contributed by atoms with Crippen molar-refractivity contribution < 1.29 is 13.2 Å². The van der Waals surface area contributed by atoms with E-state index in [2.05, 4.69) is 10.0 Å². The van der Waals surface area contributed by atoms with Crippen LogP contribution in [-0.4, -0.2) is 44.9 Å². The quantitative estimate of drug-likeness (QED) is 0.828. The molecule has 1 aliphatic rings. The fourth-order valence-electron chi connectivity index (χ4n) is 2.77. The maximum atomic E-state index is 12.7. The molecular weight excluding hydrogens is 358 g/mol. The van der Waals surface area contributed by atoms with Crippen LogP contribution in [-0.2, 0) is 16.6 Å². The highest BCUT2D eigenvalue weighted by Gasteiger charge is 2.25. The zero-order chi connectivity index (χ0) is 17.9. The van der Waals surface area contributed by atoms with Gasteiger partial charge in [0.2, 0.25) is 10.0 Å². The van der Waals surface area contributed by atoms with Crippen molar-refractivity contribution in [2.75, 3.05) is 19.6 Å². The van der Waals surface area contributed by atoms with E-state index >= 15 is 0 Å². The summed E-state index contributed by atoms with van der Waals surface area (Å²) in [6.45, 7) is 4.33. The summed E-state index contributed by atoms with van der Waals surface area (Å²) in [6, 6.07) is 10.1.